The van der Waals surface area contributed by atoms with E-state index in [1.807, 2.05) is 6.20 Å². The second kappa shape index (κ2) is 4.81. The standard InChI is InChI=1S/C14H23N3/c1-10-2-4-11(5-3-10)14-16-9-13(17-14)8-15-12-6-7-12/h9-12,15H,2-8H2,1H3,(H,16,17). The molecular formula is C14H23N3. The second-order valence-electron chi connectivity index (χ2n) is 5.91. The first-order valence-electron chi connectivity index (χ1n) is 7.08. The molecule has 0 aliphatic heterocycles. The summed E-state index contributed by atoms with van der Waals surface area (Å²) in [6.07, 6.45) is 10.1. The molecule has 0 aromatic carbocycles. The van der Waals surface area contributed by atoms with Crippen LogP contribution in [0.2, 0.25) is 0 Å². The summed E-state index contributed by atoms with van der Waals surface area (Å²) in [5.74, 6) is 2.82. The quantitative estimate of drug-likeness (QED) is 0.839. The molecule has 0 saturated heterocycles. The van der Waals surface area contributed by atoms with E-state index in [1.54, 1.807) is 0 Å². The Morgan fingerprint density at radius 1 is 1.24 bits per heavy atom. The Labute approximate surface area is 103 Å². The molecule has 2 aliphatic rings. The summed E-state index contributed by atoms with van der Waals surface area (Å²) in [5, 5.41) is 3.52. The van der Waals surface area contributed by atoms with Gasteiger partial charge in [0.1, 0.15) is 5.82 Å². The number of H-pyrrole nitrogens is 1. The van der Waals surface area contributed by atoms with Crippen LogP contribution in [0, 0.1) is 5.92 Å². The molecule has 3 heteroatoms. The van der Waals surface area contributed by atoms with E-state index >= 15 is 0 Å². The number of nitrogens with zero attached hydrogens (tertiary/aromatic N) is 1. The molecule has 1 aromatic rings. The predicted octanol–water partition coefficient (Wildman–Crippen LogP) is 2.96. The van der Waals surface area contributed by atoms with Crippen molar-refractivity contribution in [3.05, 3.63) is 17.7 Å². The molecule has 3 nitrogen and oxygen atoms in total. The first kappa shape index (κ1) is 11.3. The van der Waals surface area contributed by atoms with Crippen molar-refractivity contribution >= 4 is 0 Å². The molecule has 1 aromatic heterocycles. The number of aromatic nitrogens is 2. The molecule has 2 fully saturated rings. The van der Waals surface area contributed by atoms with E-state index in [9.17, 15) is 0 Å². The van der Waals surface area contributed by atoms with Gasteiger partial charge in [-0.1, -0.05) is 19.8 Å². The molecule has 2 aliphatic carbocycles. The molecule has 1 heterocycles. The van der Waals surface area contributed by atoms with Gasteiger partial charge >= 0.3 is 0 Å². The Morgan fingerprint density at radius 3 is 2.71 bits per heavy atom. The van der Waals surface area contributed by atoms with Gasteiger partial charge in [-0.3, -0.25) is 0 Å². The third kappa shape index (κ3) is 2.89. The third-order valence-electron chi connectivity index (χ3n) is 4.21. The van der Waals surface area contributed by atoms with Gasteiger partial charge < -0.3 is 10.3 Å². The monoisotopic (exact) mass is 233 g/mol. The summed E-state index contributed by atoms with van der Waals surface area (Å²) in [6.45, 7) is 3.32. The van der Waals surface area contributed by atoms with Crippen LogP contribution >= 0.6 is 0 Å². The maximum atomic E-state index is 4.57. The van der Waals surface area contributed by atoms with E-state index < -0.39 is 0 Å². The van der Waals surface area contributed by atoms with Crippen molar-refractivity contribution < 1.29 is 0 Å². The normalized spacial score (nSPS) is 29.5. The van der Waals surface area contributed by atoms with Crippen LogP contribution in [-0.4, -0.2) is 16.0 Å². The minimum absolute atomic E-state index is 0.681. The molecule has 0 bridgehead atoms. The molecule has 17 heavy (non-hydrogen) atoms. The van der Waals surface area contributed by atoms with Gasteiger partial charge in [-0.25, -0.2) is 4.98 Å². The molecule has 0 atom stereocenters. The topological polar surface area (TPSA) is 40.7 Å². The van der Waals surface area contributed by atoms with E-state index in [2.05, 4.69) is 22.2 Å². The molecule has 0 unspecified atom stereocenters. The molecule has 3 rings (SSSR count). The Bertz CT molecular complexity index is 359. The summed E-state index contributed by atoms with van der Waals surface area (Å²) in [6, 6.07) is 0.775. The van der Waals surface area contributed by atoms with E-state index in [0.717, 1.165) is 18.5 Å². The Morgan fingerprint density at radius 2 is 2.00 bits per heavy atom. The van der Waals surface area contributed by atoms with Crippen molar-refractivity contribution in [2.24, 2.45) is 5.92 Å². The van der Waals surface area contributed by atoms with Crippen LogP contribution in [0.15, 0.2) is 6.20 Å². The number of imidazole rings is 1. The molecule has 2 N–H and O–H groups in total. The predicted molar refractivity (Wildman–Crippen MR) is 68.8 cm³/mol. The van der Waals surface area contributed by atoms with Crippen molar-refractivity contribution in [3.63, 3.8) is 0 Å². The van der Waals surface area contributed by atoms with Crippen LogP contribution in [-0.2, 0) is 6.54 Å². The number of aromatic amines is 1. The Balaban J connectivity index is 1.55. The average molecular weight is 233 g/mol. The zero-order valence-corrected chi connectivity index (χ0v) is 10.7. The molecule has 0 radical (unpaired) electrons. The lowest BCUT2D eigenvalue weighted by molar-refractivity contribution is 0.340. The Hall–Kier alpha value is -0.830. The van der Waals surface area contributed by atoms with Crippen LogP contribution in [0.25, 0.3) is 0 Å². The minimum atomic E-state index is 0.681. The summed E-state index contributed by atoms with van der Waals surface area (Å²) < 4.78 is 0. The number of nitrogens with one attached hydrogen (secondary N) is 2. The zero-order valence-electron chi connectivity index (χ0n) is 10.7. The molecule has 0 spiro atoms. The summed E-state index contributed by atoms with van der Waals surface area (Å²) in [7, 11) is 0. The molecular weight excluding hydrogens is 210 g/mol. The van der Waals surface area contributed by atoms with Gasteiger partial charge in [0.2, 0.25) is 0 Å². The van der Waals surface area contributed by atoms with Crippen LogP contribution in [0.1, 0.15) is 62.9 Å². The minimum Gasteiger partial charge on any atom is -0.345 e. The van der Waals surface area contributed by atoms with Crippen molar-refractivity contribution in [1.29, 1.82) is 0 Å². The van der Waals surface area contributed by atoms with Gasteiger partial charge in [-0.05, 0) is 31.6 Å². The average Bonchev–Trinajstić information content (AvgIpc) is 3.06. The third-order valence-corrected chi connectivity index (χ3v) is 4.21. The highest BCUT2D eigenvalue weighted by Crippen LogP contribution is 2.34. The van der Waals surface area contributed by atoms with Crippen molar-refractivity contribution in [1.82, 2.24) is 15.3 Å². The summed E-state index contributed by atoms with van der Waals surface area (Å²) in [5.41, 5.74) is 1.26. The summed E-state index contributed by atoms with van der Waals surface area (Å²) >= 11 is 0. The van der Waals surface area contributed by atoms with Gasteiger partial charge in [0.25, 0.3) is 0 Å². The molecule has 2 saturated carbocycles. The lowest BCUT2D eigenvalue weighted by Crippen LogP contribution is -2.16. The van der Waals surface area contributed by atoms with E-state index in [1.165, 1.54) is 50.0 Å². The maximum Gasteiger partial charge on any atom is 0.109 e. The highest BCUT2D eigenvalue weighted by Gasteiger charge is 2.23. The van der Waals surface area contributed by atoms with Crippen LogP contribution in [0.3, 0.4) is 0 Å². The van der Waals surface area contributed by atoms with Gasteiger partial charge in [-0.2, -0.15) is 0 Å². The number of hydrogen-bond acceptors (Lipinski definition) is 2. The molecule has 0 amide bonds. The first-order chi connectivity index (χ1) is 8.31. The Kier molecular flexibility index (Phi) is 3.19. The largest absolute Gasteiger partial charge is 0.345 e. The van der Waals surface area contributed by atoms with Crippen LogP contribution in [0.4, 0.5) is 0 Å². The SMILES string of the molecule is CC1CCC(c2ncc(CNC3CC3)[nH]2)CC1. The van der Waals surface area contributed by atoms with Crippen molar-refractivity contribution in [2.75, 3.05) is 0 Å². The zero-order chi connectivity index (χ0) is 11.7. The van der Waals surface area contributed by atoms with Gasteiger partial charge in [0, 0.05) is 30.4 Å². The fourth-order valence-corrected chi connectivity index (χ4v) is 2.75. The number of hydrogen-bond donors (Lipinski definition) is 2. The highest BCUT2D eigenvalue weighted by molar-refractivity contribution is 5.07. The van der Waals surface area contributed by atoms with Gasteiger partial charge in [0.05, 0.1) is 0 Å². The van der Waals surface area contributed by atoms with Crippen LogP contribution in [0.5, 0.6) is 0 Å². The van der Waals surface area contributed by atoms with E-state index in [4.69, 9.17) is 0 Å². The van der Waals surface area contributed by atoms with Crippen molar-refractivity contribution in [2.45, 2.75) is 64.0 Å². The van der Waals surface area contributed by atoms with Crippen molar-refractivity contribution in [3.8, 4) is 0 Å². The summed E-state index contributed by atoms with van der Waals surface area (Å²) in [4.78, 5) is 8.07. The van der Waals surface area contributed by atoms with E-state index in [-0.39, 0.29) is 0 Å². The van der Waals surface area contributed by atoms with E-state index in [0.29, 0.717) is 5.92 Å². The highest BCUT2D eigenvalue weighted by atomic mass is 15.0. The second-order valence-corrected chi connectivity index (χ2v) is 5.91. The lowest BCUT2D eigenvalue weighted by atomic mass is 9.83. The van der Waals surface area contributed by atoms with Gasteiger partial charge in [-0.15, -0.1) is 0 Å². The lowest BCUT2D eigenvalue weighted by Gasteiger charge is -2.24. The maximum absolute atomic E-state index is 4.57. The first-order valence-corrected chi connectivity index (χ1v) is 7.08. The number of rotatable bonds is 4. The smallest absolute Gasteiger partial charge is 0.109 e. The fourth-order valence-electron chi connectivity index (χ4n) is 2.75. The molecule has 94 valence electrons. The van der Waals surface area contributed by atoms with Crippen LogP contribution < -0.4 is 5.32 Å². The van der Waals surface area contributed by atoms with Gasteiger partial charge in [0.15, 0.2) is 0 Å². The fraction of sp³-hybridized carbons (Fsp3) is 0.786.